The molecular weight excluding hydrogens is 282 g/mol. The summed E-state index contributed by atoms with van der Waals surface area (Å²) >= 11 is 0. The van der Waals surface area contributed by atoms with Crippen molar-refractivity contribution in [2.75, 3.05) is 19.6 Å². The zero-order chi connectivity index (χ0) is 16.3. The number of H-pyrrole nitrogens is 1. The van der Waals surface area contributed by atoms with Crippen molar-refractivity contribution in [2.24, 2.45) is 7.05 Å². The Balaban J connectivity index is 2.23. The lowest BCUT2D eigenvalue weighted by atomic mass is 10.0. The van der Waals surface area contributed by atoms with E-state index in [4.69, 9.17) is 0 Å². The van der Waals surface area contributed by atoms with Crippen molar-refractivity contribution in [1.29, 1.82) is 0 Å². The molecule has 0 atom stereocenters. The predicted octanol–water partition coefficient (Wildman–Crippen LogP) is 0.147. The van der Waals surface area contributed by atoms with Crippen LogP contribution in [-0.2, 0) is 18.3 Å². The van der Waals surface area contributed by atoms with Gasteiger partial charge in [-0.25, -0.2) is 4.98 Å². The highest BCUT2D eigenvalue weighted by Gasteiger charge is 2.17. The van der Waals surface area contributed by atoms with E-state index in [1.165, 1.54) is 0 Å². The third kappa shape index (κ3) is 3.19. The number of hydrogen-bond donors (Lipinski definition) is 3. The quantitative estimate of drug-likeness (QED) is 0.662. The van der Waals surface area contributed by atoms with E-state index in [0.29, 0.717) is 17.6 Å². The third-order valence-corrected chi connectivity index (χ3v) is 3.79. The van der Waals surface area contributed by atoms with Crippen LogP contribution < -0.4 is 16.2 Å². The summed E-state index contributed by atoms with van der Waals surface area (Å²) in [7, 11) is 1.75. The molecule has 3 N–H and O–H groups in total. The Morgan fingerprint density at radius 3 is 2.73 bits per heavy atom. The van der Waals surface area contributed by atoms with Gasteiger partial charge in [0.25, 0.3) is 5.56 Å². The number of nitrogens with one attached hydrogen (secondary N) is 3. The second kappa shape index (κ2) is 6.74. The maximum atomic E-state index is 12.0. The molecule has 2 rings (SSSR count). The van der Waals surface area contributed by atoms with Gasteiger partial charge in [0.1, 0.15) is 0 Å². The van der Waals surface area contributed by atoms with E-state index >= 15 is 0 Å². The maximum Gasteiger partial charge on any atom is 0.273 e. The van der Waals surface area contributed by atoms with Gasteiger partial charge in [-0.1, -0.05) is 6.92 Å². The van der Waals surface area contributed by atoms with Crippen molar-refractivity contribution in [2.45, 2.75) is 27.2 Å². The number of rotatable bonds is 6. The molecular formula is C15H23N5O2. The molecule has 7 heteroatoms. The fourth-order valence-electron chi connectivity index (χ4n) is 2.60. The van der Waals surface area contributed by atoms with E-state index in [1.807, 2.05) is 20.8 Å². The topological polar surface area (TPSA) is 91.8 Å². The Kier molecular flexibility index (Phi) is 4.97. The summed E-state index contributed by atoms with van der Waals surface area (Å²) in [4.78, 5) is 28.5. The molecule has 0 unspecified atom stereocenters. The van der Waals surface area contributed by atoms with Crippen LogP contribution in [0.25, 0.3) is 11.0 Å². The van der Waals surface area contributed by atoms with Gasteiger partial charge in [0, 0.05) is 25.8 Å². The number of likely N-dealkylation sites (N-methyl/N-ethyl adjacent to an activating group) is 1. The average Bonchev–Trinajstić information content (AvgIpc) is 2.74. The van der Waals surface area contributed by atoms with Crippen LogP contribution in [0.4, 0.5) is 0 Å². The number of pyridine rings is 1. The summed E-state index contributed by atoms with van der Waals surface area (Å²) in [6, 6.07) is 0. The van der Waals surface area contributed by atoms with Gasteiger partial charge in [0.05, 0.1) is 11.8 Å². The number of amides is 1. The Morgan fingerprint density at radius 2 is 2.05 bits per heavy atom. The van der Waals surface area contributed by atoms with Crippen LogP contribution in [0.2, 0.25) is 0 Å². The Morgan fingerprint density at radius 1 is 1.32 bits per heavy atom. The summed E-state index contributed by atoms with van der Waals surface area (Å²) in [6.45, 7) is 7.97. The summed E-state index contributed by atoms with van der Waals surface area (Å²) in [6.07, 6.45) is 0.237. The van der Waals surface area contributed by atoms with Crippen LogP contribution >= 0.6 is 0 Å². The second-order valence-corrected chi connectivity index (χ2v) is 5.38. The van der Waals surface area contributed by atoms with Crippen LogP contribution in [0.1, 0.15) is 23.7 Å². The maximum absolute atomic E-state index is 12.0. The molecule has 22 heavy (non-hydrogen) atoms. The standard InChI is InChI=1S/C15H23N5O2/c1-5-16-6-7-17-12(21)8-11-9(2)13-14(18-10(11)3)20(4)19-15(13)22/h16H,5-8H2,1-4H3,(H,17,21)(H,19,22). The lowest BCUT2D eigenvalue weighted by Gasteiger charge is -2.11. The predicted molar refractivity (Wildman–Crippen MR) is 86.1 cm³/mol. The van der Waals surface area contributed by atoms with Gasteiger partial charge in [0.2, 0.25) is 5.91 Å². The summed E-state index contributed by atoms with van der Waals surface area (Å²) < 4.78 is 1.61. The number of aromatic amines is 1. The molecule has 0 aromatic carbocycles. The van der Waals surface area contributed by atoms with Crippen LogP contribution in [0, 0.1) is 13.8 Å². The third-order valence-electron chi connectivity index (χ3n) is 3.79. The number of hydrogen-bond acceptors (Lipinski definition) is 4. The minimum absolute atomic E-state index is 0.0578. The lowest BCUT2D eigenvalue weighted by Crippen LogP contribution is -2.33. The molecule has 0 aliphatic carbocycles. The first-order chi connectivity index (χ1) is 10.5. The highest BCUT2D eigenvalue weighted by Crippen LogP contribution is 2.20. The molecule has 2 aromatic rings. The average molecular weight is 305 g/mol. The first-order valence-electron chi connectivity index (χ1n) is 7.47. The minimum Gasteiger partial charge on any atom is -0.355 e. The van der Waals surface area contributed by atoms with E-state index in [0.717, 1.165) is 29.9 Å². The zero-order valence-electron chi connectivity index (χ0n) is 13.5. The summed E-state index contributed by atoms with van der Waals surface area (Å²) in [5, 5.41) is 9.28. The van der Waals surface area contributed by atoms with Gasteiger partial charge in [-0.15, -0.1) is 0 Å². The molecule has 0 aliphatic heterocycles. The van der Waals surface area contributed by atoms with E-state index in [2.05, 4.69) is 20.7 Å². The van der Waals surface area contributed by atoms with Gasteiger partial charge >= 0.3 is 0 Å². The largest absolute Gasteiger partial charge is 0.355 e. The molecule has 120 valence electrons. The van der Waals surface area contributed by atoms with E-state index in [9.17, 15) is 9.59 Å². The zero-order valence-corrected chi connectivity index (χ0v) is 13.5. The van der Waals surface area contributed by atoms with E-state index in [1.54, 1.807) is 11.7 Å². The summed E-state index contributed by atoms with van der Waals surface area (Å²) in [5.41, 5.74) is 2.88. The number of nitrogens with zero attached hydrogens (tertiary/aromatic N) is 2. The van der Waals surface area contributed by atoms with Crippen LogP contribution in [0.3, 0.4) is 0 Å². The van der Waals surface area contributed by atoms with Crippen molar-refractivity contribution < 1.29 is 4.79 Å². The van der Waals surface area contributed by atoms with Crippen molar-refractivity contribution >= 4 is 16.9 Å². The van der Waals surface area contributed by atoms with Crippen LogP contribution in [-0.4, -0.2) is 40.3 Å². The Bertz CT molecular complexity index is 744. The first kappa shape index (κ1) is 16.2. The number of aryl methyl sites for hydroxylation is 3. The number of carbonyl (C=O) groups excluding carboxylic acids is 1. The fourth-order valence-corrected chi connectivity index (χ4v) is 2.60. The SMILES string of the molecule is CCNCCNC(=O)Cc1c(C)nc2c(c1C)c(=O)[nH]n2C. The fraction of sp³-hybridized carbons (Fsp3) is 0.533. The Labute approximate surface area is 129 Å². The van der Waals surface area contributed by atoms with Crippen molar-refractivity contribution in [1.82, 2.24) is 25.4 Å². The molecule has 2 heterocycles. The molecule has 0 radical (unpaired) electrons. The molecule has 7 nitrogen and oxygen atoms in total. The van der Waals surface area contributed by atoms with Gasteiger partial charge in [-0.3, -0.25) is 19.4 Å². The summed E-state index contributed by atoms with van der Waals surface area (Å²) in [5.74, 6) is -0.0578. The molecule has 1 amide bonds. The Hall–Kier alpha value is -2.15. The van der Waals surface area contributed by atoms with Crippen molar-refractivity contribution in [3.63, 3.8) is 0 Å². The van der Waals surface area contributed by atoms with Crippen LogP contribution in [0.5, 0.6) is 0 Å². The molecule has 2 aromatic heterocycles. The van der Waals surface area contributed by atoms with Crippen molar-refractivity contribution in [3.05, 3.63) is 27.2 Å². The van der Waals surface area contributed by atoms with Gasteiger partial charge in [-0.2, -0.15) is 0 Å². The van der Waals surface area contributed by atoms with Gasteiger partial charge in [-0.05, 0) is 31.5 Å². The monoisotopic (exact) mass is 305 g/mol. The van der Waals surface area contributed by atoms with Gasteiger partial charge < -0.3 is 10.6 Å². The highest BCUT2D eigenvalue weighted by molar-refractivity contribution is 5.84. The molecule has 0 spiro atoms. The second-order valence-electron chi connectivity index (χ2n) is 5.38. The normalized spacial score (nSPS) is 11.1. The lowest BCUT2D eigenvalue weighted by molar-refractivity contribution is -0.120. The smallest absolute Gasteiger partial charge is 0.273 e. The first-order valence-corrected chi connectivity index (χ1v) is 7.47. The number of carbonyl (C=O) groups is 1. The van der Waals surface area contributed by atoms with E-state index in [-0.39, 0.29) is 17.9 Å². The van der Waals surface area contributed by atoms with Gasteiger partial charge in [0.15, 0.2) is 5.65 Å². The molecule has 0 fully saturated rings. The minimum atomic E-state index is -0.170. The molecule has 0 aliphatic rings. The number of fused-ring (bicyclic) bond motifs is 1. The molecule has 0 saturated carbocycles. The van der Waals surface area contributed by atoms with Crippen LogP contribution in [0.15, 0.2) is 4.79 Å². The van der Waals surface area contributed by atoms with E-state index < -0.39 is 0 Å². The highest BCUT2D eigenvalue weighted by atomic mass is 16.1. The number of aromatic nitrogens is 3. The molecule has 0 bridgehead atoms. The molecule has 0 saturated heterocycles. The van der Waals surface area contributed by atoms with Crippen molar-refractivity contribution in [3.8, 4) is 0 Å².